The average Bonchev–Trinajstić information content (AvgIpc) is 3.36. The molecule has 2 atom stereocenters. The third-order valence-corrected chi connectivity index (χ3v) is 6.27. The molecule has 16 heteroatoms. The number of carbonyl (C=O) groups excluding carboxylic acids is 2. The van der Waals surface area contributed by atoms with Crippen LogP contribution < -0.4 is 10.7 Å². The van der Waals surface area contributed by atoms with Crippen molar-refractivity contribution in [1.29, 1.82) is 0 Å². The van der Waals surface area contributed by atoms with Crippen molar-refractivity contribution in [2.75, 3.05) is 18.5 Å². The molecule has 40 heavy (non-hydrogen) atoms. The molecule has 5 N–H and O–H groups in total. The fraction of sp³-hybridized carbons (Fsp3) is 0.292. The molecular formula is C24H27ClFN4O9P. The van der Waals surface area contributed by atoms with Gasteiger partial charge in [-0.3, -0.25) is 19.6 Å². The Hall–Kier alpha value is -3.36. The van der Waals surface area contributed by atoms with Crippen molar-refractivity contribution in [1.82, 2.24) is 15.6 Å². The number of anilines is 1. The molecule has 216 valence electrons. The number of nitrogens with one attached hydrogen (secondary N) is 2. The number of aromatic nitrogens is 1. The normalized spacial score (nSPS) is 12.9. The monoisotopic (exact) mass is 600 g/mol. The Labute approximate surface area is 233 Å². The Balaban J connectivity index is 1.69. The van der Waals surface area contributed by atoms with E-state index in [2.05, 4.69) is 20.4 Å². The van der Waals surface area contributed by atoms with Crippen LogP contribution in [0, 0.1) is 5.82 Å². The second kappa shape index (κ2) is 14.3. The molecule has 3 aromatic rings. The van der Waals surface area contributed by atoms with E-state index in [1.165, 1.54) is 31.2 Å². The van der Waals surface area contributed by atoms with E-state index in [1.807, 2.05) is 6.07 Å². The molecule has 0 unspecified atom stereocenters. The summed E-state index contributed by atoms with van der Waals surface area (Å²) in [7, 11) is -4.88. The fourth-order valence-corrected chi connectivity index (χ4v) is 4.11. The SMILES string of the molecule is CC(=O)N(NCc1cccc(F)c1Cl)[C@H](COC(=O)Nc1cc(-c2ccccc2)on1)C[C@@H](O)COP(=O)(O)O. The van der Waals surface area contributed by atoms with Crippen LogP contribution in [0.15, 0.2) is 59.1 Å². The lowest BCUT2D eigenvalue weighted by atomic mass is 10.1. The molecule has 1 aromatic heterocycles. The van der Waals surface area contributed by atoms with Crippen molar-refractivity contribution < 1.29 is 47.2 Å². The first-order valence-electron chi connectivity index (χ1n) is 11.7. The van der Waals surface area contributed by atoms with Crippen LogP contribution in [-0.4, -0.2) is 62.4 Å². The van der Waals surface area contributed by atoms with E-state index in [0.717, 1.165) is 10.6 Å². The van der Waals surface area contributed by atoms with Gasteiger partial charge >= 0.3 is 13.9 Å². The van der Waals surface area contributed by atoms with Crippen molar-refractivity contribution in [3.8, 4) is 11.3 Å². The van der Waals surface area contributed by atoms with Gasteiger partial charge in [0.05, 0.1) is 23.8 Å². The lowest BCUT2D eigenvalue weighted by Crippen LogP contribution is -2.52. The zero-order valence-electron chi connectivity index (χ0n) is 21.1. The Morgan fingerprint density at radius 2 is 1.90 bits per heavy atom. The average molecular weight is 601 g/mol. The molecule has 2 amide bonds. The minimum Gasteiger partial charge on any atom is -0.447 e. The minimum absolute atomic E-state index is 0.0535. The number of carbonyl (C=O) groups is 2. The smallest absolute Gasteiger partial charge is 0.447 e. The standard InChI is InChI=1S/C24H27ClFN4O9P/c1-15(31)30(27-12-17-8-5-9-20(26)23(17)25)18(10-19(32)14-38-40(34,35)36)13-37-24(33)28-22-11-21(39-29-22)16-6-3-2-4-7-16/h2-9,11,18-19,27,32H,10,12-14H2,1H3,(H,28,29,33)(H2,34,35,36)/t18-,19+/m0/s1. The molecule has 0 spiro atoms. The summed E-state index contributed by atoms with van der Waals surface area (Å²) in [5.41, 5.74) is 3.81. The summed E-state index contributed by atoms with van der Waals surface area (Å²) in [6.45, 7) is -0.178. The van der Waals surface area contributed by atoms with E-state index >= 15 is 0 Å². The first kappa shape index (κ1) is 31.2. The van der Waals surface area contributed by atoms with Crippen molar-refractivity contribution in [3.05, 3.63) is 71.0 Å². The highest BCUT2D eigenvalue weighted by molar-refractivity contribution is 7.46. The highest BCUT2D eigenvalue weighted by atomic mass is 35.5. The fourth-order valence-electron chi connectivity index (χ4n) is 3.55. The van der Waals surface area contributed by atoms with Crippen molar-refractivity contribution >= 4 is 37.2 Å². The number of phosphoric acid groups is 1. The van der Waals surface area contributed by atoms with E-state index in [4.69, 9.17) is 30.6 Å². The molecule has 0 saturated carbocycles. The van der Waals surface area contributed by atoms with Crippen LogP contribution in [0.1, 0.15) is 18.9 Å². The number of benzene rings is 2. The predicted octanol–water partition coefficient (Wildman–Crippen LogP) is 3.46. The number of ether oxygens (including phenoxy) is 1. The maximum atomic E-state index is 13.8. The third-order valence-electron chi connectivity index (χ3n) is 5.36. The van der Waals surface area contributed by atoms with Gasteiger partial charge in [-0.2, -0.15) is 0 Å². The van der Waals surface area contributed by atoms with E-state index in [-0.39, 0.29) is 23.8 Å². The Morgan fingerprint density at radius 1 is 1.18 bits per heavy atom. The predicted molar refractivity (Wildman–Crippen MR) is 140 cm³/mol. The number of hydrogen-bond donors (Lipinski definition) is 5. The summed E-state index contributed by atoms with van der Waals surface area (Å²) < 4.78 is 39.6. The van der Waals surface area contributed by atoms with Gasteiger partial charge in [0.1, 0.15) is 12.4 Å². The topological polar surface area (TPSA) is 184 Å². The highest BCUT2D eigenvalue weighted by Gasteiger charge is 2.28. The largest absolute Gasteiger partial charge is 0.469 e. The molecule has 0 saturated heterocycles. The van der Waals surface area contributed by atoms with Crippen LogP contribution in [-0.2, 0) is 25.2 Å². The minimum atomic E-state index is -4.88. The molecule has 1 heterocycles. The van der Waals surface area contributed by atoms with Gasteiger partial charge in [0, 0.05) is 31.5 Å². The van der Waals surface area contributed by atoms with Gasteiger partial charge in [-0.25, -0.2) is 19.2 Å². The van der Waals surface area contributed by atoms with Gasteiger partial charge in [0.2, 0.25) is 5.91 Å². The van der Waals surface area contributed by atoms with Gasteiger partial charge in [-0.05, 0) is 11.6 Å². The van der Waals surface area contributed by atoms with Crippen LogP contribution in [0.2, 0.25) is 5.02 Å². The maximum Gasteiger partial charge on any atom is 0.469 e. The first-order valence-corrected chi connectivity index (χ1v) is 13.6. The van der Waals surface area contributed by atoms with Crippen LogP contribution in [0.3, 0.4) is 0 Å². The lowest BCUT2D eigenvalue weighted by molar-refractivity contribution is -0.137. The summed E-state index contributed by atoms with van der Waals surface area (Å²) in [6, 6.07) is 13.5. The summed E-state index contributed by atoms with van der Waals surface area (Å²) in [4.78, 5) is 42.8. The Kier molecular flexibility index (Phi) is 11.2. The van der Waals surface area contributed by atoms with Gasteiger partial charge in [-0.15, -0.1) is 0 Å². The number of nitrogens with zero attached hydrogens (tertiary/aromatic N) is 2. The molecule has 0 aliphatic rings. The Morgan fingerprint density at radius 3 is 2.58 bits per heavy atom. The molecule has 0 bridgehead atoms. The van der Waals surface area contributed by atoms with E-state index in [1.54, 1.807) is 24.3 Å². The van der Waals surface area contributed by atoms with Gasteiger partial charge in [-0.1, -0.05) is 59.2 Å². The quantitative estimate of drug-likeness (QED) is 0.143. The van der Waals surface area contributed by atoms with Gasteiger partial charge < -0.3 is 24.2 Å². The third kappa shape index (κ3) is 9.68. The zero-order valence-corrected chi connectivity index (χ0v) is 22.7. The molecule has 2 aromatic carbocycles. The second-order valence-corrected chi connectivity index (χ2v) is 10.0. The number of hydrogen-bond acceptors (Lipinski definition) is 9. The molecular weight excluding hydrogens is 574 g/mol. The van der Waals surface area contributed by atoms with E-state index in [9.17, 15) is 23.7 Å². The number of rotatable bonds is 13. The molecule has 0 radical (unpaired) electrons. The summed E-state index contributed by atoms with van der Waals surface area (Å²) >= 11 is 5.98. The highest BCUT2D eigenvalue weighted by Crippen LogP contribution is 2.36. The maximum absolute atomic E-state index is 13.8. The van der Waals surface area contributed by atoms with Crippen LogP contribution >= 0.6 is 19.4 Å². The number of halogens is 2. The molecule has 0 fully saturated rings. The molecule has 13 nitrogen and oxygen atoms in total. The second-order valence-electron chi connectivity index (χ2n) is 8.43. The van der Waals surface area contributed by atoms with Crippen molar-refractivity contribution in [3.63, 3.8) is 0 Å². The number of aliphatic hydroxyl groups excluding tert-OH is 1. The van der Waals surface area contributed by atoms with E-state index < -0.39 is 51.0 Å². The number of phosphoric ester groups is 1. The molecule has 0 aliphatic heterocycles. The summed E-state index contributed by atoms with van der Waals surface area (Å²) in [5, 5.41) is 17.3. The zero-order chi connectivity index (χ0) is 29.3. The Bertz CT molecular complexity index is 1340. The number of aliphatic hydroxyl groups is 1. The van der Waals surface area contributed by atoms with E-state index in [0.29, 0.717) is 11.3 Å². The van der Waals surface area contributed by atoms with Gasteiger partial charge in [0.25, 0.3) is 0 Å². The number of hydrazine groups is 1. The van der Waals surface area contributed by atoms with Crippen LogP contribution in [0.4, 0.5) is 15.0 Å². The van der Waals surface area contributed by atoms with Crippen LogP contribution in [0.25, 0.3) is 11.3 Å². The van der Waals surface area contributed by atoms with Crippen molar-refractivity contribution in [2.45, 2.75) is 32.0 Å². The number of amides is 2. The molecule has 0 aliphatic carbocycles. The lowest BCUT2D eigenvalue weighted by Gasteiger charge is -2.32. The van der Waals surface area contributed by atoms with Gasteiger partial charge in [0.15, 0.2) is 11.6 Å². The summed E-state index contributed by atoms with van der Waals surface area (Å²) in [5.74, 6) is -0.795. The van der Waals surface area contributed by atoms with Crippen LogP contribution in [0.5, 0.6) is 0 Å². The van der Waals surface area contributed by atoms with Crippen molar-refractivity contribution in [2.24, 2.45) is 0 Å². The first-order chi connectivity index (χ1) is 18.9. The molecule has 3 rings (SSSR count). The summed E-state index contributed by atoms with van der Waals surface area (Å²) in [6.07, 6.45) is -2.77.